The first kappa shape index (κ1) is 9.81. The molecule has 1 fully saturated rings. The fourth-order valence-corrected chi connectivity index (χ4v) is 2.08. The summed E-state index contributed by atoms with van der Waals surface area (Å²) in [5, 5.41) is 0.491. The van der Waals surface area contributed by atoms with E-state index in [1.54, 1.807) is 11.0 Å². The number of halogens is 2. The minimum Gasteiger partial charge on any atom is -0.309 e. The number of hydrogen-bond acceptors (Lipinski definition) is 1. The van der Waals surface area contributed by atoms with Gasteiger partial charge < -0.3 is 4.90 Å². The predicted molar refractivity (Wildman–Crippen MR) is 58.1 cm³/mol. The second-order valence-electron chi connectivity index (χ2n) is 3.26. The Bertz CT molecular complexity index is 367. The van der Waals surface area contributed by atoms with Crippen molar-refractivity contribution in [3.63, 3.8) is 0 Å². The highest BCUT2D eigenvalue weighted by Crippen LogP contribution is 2.30. The summed E-state index contributed by atoms with van der Waals surface area (Å²) in [5.74, 6) is 0.0399. The minimum atomic E-state index is -0.0984. The Kier molecular flexibility index (Phi) is 2.66. The van der Waals surface area contributed by atoms with Crippen molar-refractivity contribution in [3.8, 4) is 0 Å². The molecule has 2 rings (SSSR count). The molecular weight excluding hydrogens is 221 g/mol. The summed E-state index contributed by atoms with van der Waals surface area (Å²) < 4.78 is 0. The number of carbonyl (C=O) groups excluding carboxylic acids is 1. The fraction of sp³-hybridized carbons (Fsp3) is 0.300. The van der Waals surface area contributed by atoms with Crippen LogP contribution >= 0.6 is 23.2 Å². The van der Waals surface area contributed by atoms with Crippen LogP contribution in [-0.4, -0.2) is 17.8 Å². The van der Waals surface area contributed by atoms with E-state index in [2.05, 4.69) is 0 Å². The molecule has 1 aromatic rings. The molecule has 0 aliphatic carbocycles. The van der Waals surface area contributed by atoms with Gasteiger partial charge >= 0.3 is 0 Å². The molecule has 0 aromatic heterocycles. The molecule has 1 aliphatic rings. The summed E-state index contributed by atoms with van der Waals surface area (Å²) in [6, 6.07) is 7.29. The van der Waals surface area contributed by atoms with Crippen molar-refractivity contribution >= 4 is 34.8 Å². The standard InChI is InChI=1S/C10H9Cl2NO/c11-7-5-10(14)13(6-7)9-4-2-1-3-8(9)12/h1-4,7H,5-6H2. The fourth-order valence-electron chi connectivity index (χ4n) is 1.57. The van der Waals surface area contributed by atoms with Crippen molar-refractivity contribution in [2.75, 3.05) is 11.4 Å². The summed E-state index contributed by atoms with van der Waals surface area (Å²) in [6.45, 7) is 0.546. The van der Waals surface area contributed by atoms with E-state index in [0.29, 0.717) is 18.0 Å². The molecule has 2 nitrogen and oxygen atoms in total. The van der Waals surface area contributed by atoms with Crippen LogP contribution < -0.4 is 4.90 Å². The first-order chi connectivity index (χ1) is 6.68. The number of hydrogen-bond donors (Lipinski definition) is 0. The number of anilines is 1. The first-order valence-electron chi connectivity index (χ1n) is 4.37. The van der Waals surface area contributed by atoms with Gasteiger partial charge in [-0.3, -0.25) is 4.79 Å². The molecule has 0 radical (unpaired) electrons. The van der Waals surface area contributed by atoms with E-state index in [4.69, 9.17) is 23.2 Å². The highest BCUT2D eigenvalue weighted by Gasteiger charge is 2.29. The Morgan fingerprint density at radius 2 is 2.07 bits per heavy atom. The van der Waals surface area contributed by atoms with E-state index < -0.39 is 0 Å². The lowest BCUT2D eigenvalue weighted by Gasteiger charge is -2.16. The Morgan fingerprint density at radius 3 is 2.64 bits per heavy atom. The quantitative estimate of drug-likeness (QED) is 0.679. The molecule has 0 spiro atoms. The molecule has 1 saturated heterocycles. The third kappa shape index (κ3) is 1.72. The van der Waals surface area contributed by atoms with Crippen molar-refractivity contribution in [2.45, 2.75) is 11.8 Å². The van der Waals surface area contributed by atoms with Crippen LogP contribution in [0.5, 0.6) is 0 Å². The maximum atomic E-state index is 11.5. The Balaban J connectivity index is 2.32. The third-order valence-corrected chi connectivity index (χ3v) is 2.83. The maximum Gasteiger partial charge on any atom is 0.228 e. The summed E-state index contributed by atoms with van der Waals surface area (Å²) in [5.41, 5.74) is 0.752. The molecule has 14 heavy (non-hydrogen) atoms. The minimum absolute atomic E-state index is 0.0399. The van der Waals surface area contributed by atoms with Crippen molar-refractivity contribution in [1.82, 2.24) is 0 Å². The zero-order chi connectivity index (χ0) is 10.1. The van der Waals surface area contributed by atoms with Gasteiger partial charge in [0.25, 0.3) is 0 Å². The van der Waals surface area contributed by atoms with Gasteiger partial charge in [0.05, 0.1) is 16.1 Å². The van der Waals surface area contributed by atoms with E-state index in [1.807, 2.05) is 18.2 Å². The molecule has 0 bridgehead atoms. The Morgan fingerprint density at radius 1 is 1.36 bits per heavy atom. The van der Waals surface area contributed by atoms with E-state index in [-0.39, 0.29) is 11.3 Å². The number of nitrogens with zero attached hydrogens (tertiary/aromatic N) is 1. The summed E-state index contributed by atoms with van der Waals surface area (Å²) >= 11 is 11.9. The Hall–Kier alpha value is -0.730. The lowest BCUT2D eigenvalue weighted by Crippen LogP contribution is -2.24. The first-order valence-corrected chi connectivity index (χ1v) is 5.19. The average molecular weight is 230 g/mol. The van der Waals surface area contributed by atoms with Crippen LogP contribution in [0.1, 0.15) is 6.42 Å². The molecule has 74 valence electrons. The van der Waals surface area contributed by atoms with Gasteiger partial charge in [-0.15, -0.1) is 11.6 Å². The largest absolute Gasteiger partial charge is 0.309 e. The van der Waals surface area contributed by atoms with Gasteiger partial charge in [0, 0.05) is 13.0 Å². The second kappa shape index (κ2) is 3.79. The van der Waals surface area contributed by atoms with Crippen molar-refractivity contribution in [1.29, 1.82) is 0 Å². The monoisotopic (exact) mass is 229 g/mol. The average Bonchev–Trinajstić information content (AvgIpc) is 2.46. The number of alkyl halides is 1. The van der Waals surface area contributed by atoms with Crippen LogP contribution in [0.15, 0.2) is 24.3 Å². The molecule has 1 unspecified atom stereocenters. The number of amides is 1. The molecule has 0 N–H and O–H groups in total. The van der Waals surface area contributed by atoms with E-state index in [1.165, 1.54) is 0 Å². The lowest BCUT2D eigenvalue weighted by atomic mass is 10.3. The van der Waals surface area contributed by atoms with E-state index >= 15 is 0 Å². The summed E-state index contributed by atoms with van der Waals surface area (Å²) in [6.07, 6.45) is 0.396. The van der Waals surface area contributed by atoms with Gasteiger partial charge in [0.1, 0.15) is 0 Å². The molecular formula is C10H9Cl2NO. The molecule has 1 atom stereocenters. The van der Waals surface area contributed by atoms with Crippen LogP contribution in [0.2, 0.25) is 5.02 Å². The molecule has 0 saturated carbocycles. The van der Waals surface area contributed by atoms with Gasteiger partial charge in [-0.1, -0.05) is 23.7 Å². The summed E-state index contributed by atoms with van der Waals surface area (Å²) in [7, 11) is 0. The number of para-hydroxylation sites is 1. The van der Waals surface area contributed by atoms with Gasteiger partial charge in [-0.2, -0.15) is 0 Å². The van der Waals surface area contributed by atoms with Crippen molar-refractivity contribution in [2.24, 2.45) is 0 Å². The molecule has 4 heteroatoms. The van der Waals surface area contributed by atoms with Crippen LogP contribution in [0.4, 0.5) is 5.69 Å². The lowest BCUT2D eigenvalue weighted by molar-refractivity contribution is -0.117. The highest BCUT2D eigenvalue weighted by molar-refractivity contribution is 6.34. The van der Waals surface area contributed by atoms with Gasteiger partial charge in [-0.25, -0.2) is 0 Å². The highest BCUT2D eigenvalue weighted by atomic mass is 35.5. The molecule has 1 amide bonds. The Labute approximate surface area is 92.4 Å². The maximum absolute atomic E-state index is 11.5. The molecule has 1 aliphatic heterocycles. The van der Waals surface area contributed by atoms with E-state index in [0.717, 1.165) is 5.69 Å². The van der Waals surface area contributed by atoms with Crippen molar-refractivity contribution < 1.29 is 4.79 Å². The predicted octanol–water partition coefficient (Wildman–Crippen LogP) is 2.68. The second-order valence-corrected chi connectivity index (χ2v) is 4.28. The van der Waals surface area contributed by atoms with Gasteiger partial charge in [-0.05, 0) is 12.1 Å². The number of rotatable bonds is 1. The smallest absolute Gasteiger partial charge is 0.228 e. The summed E-state index contributed by atoms with van der Waals surface area (Å²) in [4.78, 5) is 13.2. The number of carbonyl (C=O) groups is 1. The van der Waals surface area contributed by atoms with Gasteiger partial charge in [0.15, 0.2) is 0 Å². The normalized spacial score (nSPS) is 21.7. The van der Waals surface area contributed by atoms with Crippen LogP contribution in [0, 0.1) is 0 Å². The van der Waals surface area contributed by atoms with Crippen LogP contribution in [0.3, 0.4) is 0 Å². The van der Waals surface area contributed by atoms with E-state index in [9.17, 15) is 4.79 Å². The SMILES string of the molecule is O=C1CC(Cl)CN1c1ccccc1Cl. The third-order valence-electron chi connectivity index (χ3n) is 2.22. The zero-order valence-electron chi connectivity index (χ0n) is 7.41. The molecule has 1 heterocycles. The molecule has 1 aromatic carbocycles. The van der Waals surface area contributed by atoms with Crippen LogP contribution in [-0.2, 0) is 4.79 Å². The van der Waals surface area contributed by atoms with Crippen LogP contribution in [0.25, 0.3) is 0 Å². The number of benzene rings is 1. The van der Waals surface area contributed by atoms with Crippen molar-refractivity contribution in [3.05, 3.63) is 29.3 Å². The zero-order valence-corrected chi connectivity index (χ0v) is 8.92. The topological polar surface area (TPSA) is 20.3 Å². The van der Waals surface area contributed by atoms with Gasteiger partial charge in [0.2, 0.25) is 5.91 Å².